The lowest BCUT2D eigenvalue weighted by molar-refractivity contribution is -0.133. The summed E-state index contributed by atoms with van der Waals surface area (Å²) in [6.07, 6.45) is 5.11. The van der Waals surface area contributed by atoms with Crippen LogP contribution in [0.15, 0.2) is 0 Å². The molecule has 4 nitrogen and oxygen atoms in total. The van der Waals surface area contributed by atoms with Crippen LogP contribution in [0.25, 0.3) is 0 Å². The van der Waals surface area contributed by atoms with Gasteiger partial charge in [-0.2, -0.15) is 0 Å². The van der Waals surface area contributed by atoms with E-state index in [1.54, 1.807) is 0 Å². The van der Waals surface area contributed by atoms with E-state index in [0.29, 0.717) is 24.4 Å². The molecule has 104 valence electrons. The minimum Gasteiger partial charge on any atom is -0.364 e. The van der Waals surface area contributed by atoms with E-state index in [1.165, 1.54) is 12.8 Å². The molecule has 1 heterocycles. The number of nitrogens with one attached hydrogen (secondary N) is 1. The Bertz CT molecular complexity index is 296. The monoisotopic (exact) mass is 254 g/mol. The Morgan fingerprint density at radius 2 is 2.06 bits per heavy atom. The van der Waals surface area contributed by atoms with Crippen LogP contribution in [0.1, 0.15) is 46.0 Å². The SMILES string of the molecule is CC1CCCC(NC(=O)C2CCC(CN)O2)C1C. The molecule has 2 rings (SSSR count). The van der Waals surface area contributed by atoms with E-state index >= 15 is 0 Å². The second-order valence-electron chi connectivity index (χ2n) is 5.94. The van der Waals surface area contributed by atoms with Crippen molar-refractivity contribution in [2.45, 2.75) is 64.2 Å². The van der Waals surface area contributed by atoms with Gasteiger partial charge < -0.3 is 15.8 Å². The van der Waals surface area contributed by atoms with Crippen LogP contribution in [0.3, 0.4) is 0 Å². The number of rotatable bonds is 3. The zero-order valence-corrected chi connectivity index (χ0v) is 11.5. The van der Waals surface area contributed by atoms with Gasteiger partial charge in [0.1, 0.15) is 6.10 Å². The standard InChI is InChI=1S/C14H26N2O2/c1-9-4-3-5-12(10(9)2)16-14(17)13-7-6-11(8-15)18-13/h9-13H,3-8,15H2,1-2H3,(H,16,17). The molecule has 0 aromatic heterocycles. The van der Waals surface area contributed by atoms with Crippen LogP contribution in [0.4, 0.5) is 0 Å². The highest BCUT2D eigenvalue weighted by molar-refractivity contribution is 5.81. The van der Waals surface area contributed by atoms with Crippen molar-refractivity contribution in [2.75, 3.05) is 6.54 Å². The average molecular weight is 254 g/mol. The minimum absolute atomic E-state index is 0.0666. The maximum Gasteiger partial charge on any atom is 0.249 e. The third kappa shape index (κ3) is 3.04. The molecule has 0 aromatic rings. The first-order valence-electron chi connectivity index (χ1n) is 7.27. The summed E-state index contributed by atoms with van der Waals surface area (Å²) in [5, 5.41) is 3.18. The first-order valence-corrected chi connectivity index (χ1v) is 7.27. The summed E-state index contributed by atoms with van der Waals surface area (Å²) >= 11 is 0. The maximum atomic E-state index is 12.2. The third-order valence-corrected chi connectivity index (χ3v) is 4.70. The number of carbonyl (C=O) groups excluding carboxylic acids is 1. The Morgan fingerprint density at radius 1 is 1.28 bits per heavy atom. The fourth-order valence-electron chi connectivity index (χ4n) is 3.13. The summed E-state index contributed by atoms with van der Waals surface area (Å²) in [6, 6.07) is 0.321. The Balaban J connectivity index is 1.84. The molecule has 5 unspecified atom stereocenters. The van der Waals surface area contributed by atoms with Crippen LogP contribution in [-0.4, -0.2) is 30.7 Å². The summed E-state index contributed by atoms with van der Waals surface area (Å²) in [7, 11) is 0. The summed E-state index contributed by atoms with van der Waals surface area (Å²) in [5.74, 6) is 1.33. The van der Waals surface area contributed by atoms with Gasteiger partial charge in [-0.25, -0.2) is 0 Å². The van der Waals surface area contributed by atoms with Crippen molar-refractivity contribution in [3.63, 3.8) is 0 Å². The molecule has 2 fully saturated rings. The van der Waals surface area contributed by atoms with Gasteiger partial charge in [-0.15, -0.1) is 0 Å². The van der Waals surface area contributed by atoms with Gasteiger partial charge in [0, 0.05) is 12.6 Å². The van der Waals surface area contributed by atoms with E-state index in [2.05, 4.69) is 19.2 Å². The number of hydrogen-bond donors (Lipinski definition) is 2. The number of ether oxygens (including phenoxy) is 1. The molecular weight excluding hydrogens is 228 g/mol. The Morgan fingerprint density at radius 3 is 2.72 bits per heavy atom. The lowest BCUT2D eigenvalue weighted by Gasteiger charge is -2.35. The van der Waals surface area contributed by atoms with Gasteiger partial charge >= 0.3 is 0 Å². The maximum absolute atomic E-state index is 12.2. The molecule has 3 N–H and O–H groups in total. The van der Waals surface area contributed by atoms with Gasteiger partial charge in [0.15, 0.2) is 0 Å². The van der Waals surface area contributed by atoms with Crippen molar-refractivity contribution in [3.8, 4) is 0 Å². The number of amides is 1. The fraction of sp³-hybridized carbons (Fsp3) is 0.929. The fourth-order valence-corrected chi connectivity index (χ4v) is 3.13. The van der Waals surface area contributed by atoms with Gasteiger partial charge in [-0.1, -0.05) is 26.7 Å². The topological polar surface area (TPSA) is 64.4 Å². The average Bonchev–Trinajstić information content (AvgIpc) is 2.83. The molecule has 1 aliphatic carbocycles. The number of nitrogens with two attached hydrogens (primary N) is 1. The Labute approximate surface area is 110 Å². The van der Waals surface area contributed by atoms with Crippen LogP contribution in [-0.2, 0) is 9.53 Å². The van der Waals surface area contributed by atoms with Crippen molar-refractivity contribution >= 4 is 5.91 Å². The van der Waals surface area contributed by atoms with Crippen LogP contribution < -0.4 is 11.1 Å². The molecule has 1 saturated carbocycles. The van der Waals surface area contributed by atoms with Crippen molar-refractivity contribution in [1.29, 1.82) is 0 Å². The molecule has 0 aromatic carbocycles. The quantitative estimate of drug-likeness (QED) is 0.801. The van der Waals surface area contributed by atoms with E-state index in [4.69, 9.17) is 10.5 Å². The van der Waals surface area contributed by atoms with Gasteiger partial charge in [-0.3, -0.25) is 4.79 Å². The van der Waals surface area contributed by atoms with E-state index < -0.39 is 0 Å². The van der Waals surface area contributed by atoms with E-state index in [9.17, 15) is 4.79 Å². The molecule has 1 amide bonds. The Kier molecular flexibility index (Phi) is 4.62. The van der Waals surface area contributed by atoms with Gasteiger partial charge in [0.2, 0.25) is 5.91 Å². The van der Waals surface area contributed by atoms with Gasteiger partial charge in [0.25, 0.3) is 0 Å². The van der Waals surface area contributed by atoms with Gasteiger partial charge in [-0.05, 0) is 31.1 Å². The second kappa shape index (κ2) is 6.02. The molecule has 4 heteroatoms. The van der Waals surface area contributed by atoms with Crippen LogP contribution in [0.5, 0.6) is 0 Å². The van der Waals surface area contributed by atoms with Crippen LogP contribution in [0.2, 0.25) is 0 Å². The normalized spacial score (nSPS) is 40.7. The molecule has 1 aliphatic heterocycles. The second-order valence-corrected chi connectivity index (χ2v) is 5.94. The minimum atomic E-state index is -0.275. The first kappa shape index (κ1) is 13.8. The van der Waals surface area contributed by atoms with Crippen molar-refractivity contribution < 1.29 is 9.53 Å². The van der Waals surface area contributed by atoms with E-state index in [0.717, 1.165) is 19.3 Å². The van der Waals surface area contributed by atoms with Crippen molar-refractivity contribution in [3.05, 3.63) is 0 Å². The zero-order valence-electron chi connectivity index (χ0n) is 11.5. The number of carbonyl (C=O) groups is 1. The highest BCUT2D eigenvalue weighted by Gasteiger charge is 2.33. The van der Waals surface area contributed by atoms with E-state index in [1.807, 2.05) is 0 Å². The van der Waals surface area contributed by atoms with Crippen molar-refractivity contribution in [1.82, 2.24) is 5.32 Å². The lowest BCUT2D eigenvalue weighted by Crippen LogP contribution is -2.47. The van der Waals surface area contributed by atoms with E-state index in [-0.39, 0.29) is 18.1 Å². The molecule has 5 atom stereocenters. The molecule has 18 heavy (non-hydrogen) atoms. The predicted molar refractivity (Wildman–Crippen MR) is 71.1 cm³/mol. The summed E-state index contributed by atoms with van der Waals surface area (Å²) in [6.45, 7) is 5.03. The van der Waals surface area contributed by atoms with Gasteiger partial charge in [0.05, 0.1) is 6.10 Å². The molecular formula is C14H26N2O2. The molecule has 1 saturated heterocycles. The number of hydrogen-bond acceptors (Lipinski definition) is 3. The highest BCUT2D eigenvalue weighted by Crippen LogP contribution is 2.30. The zero-order chi connectivity index (χ0) is 13.1. The largest absolute Gasteiger partial charge is 0.364 e. The predicted octanol–water partition coefficient (Wildman–Crippen LogP) is 1.43. The summed E-state index contributed by atoms with van der Waals surface area (Å²) in [4.78, 5) is 12.2. The smallest absolute Gasteiger partial charge is 0.249 e. The summed E-state index contributed by atoms with van der Waals surface area (Å²) < 4.78 is 5.64. The van der Waals surface area contributed by atoms with Crippen LogP contribution in [0, 0.1) is 11.8 Å². The lowest BCUT2D eigenvalue weighted by atomic mass is 9.78. The molecule has 2 aliphatic rings. The molecule has 0 radical (unpaired) electrons. The molecule has 0 spiro atoms. The first-order chi connectivity index (χ1) is 8.61. The molecule has 0 bridgehead atoms. The third-order valence-electron chi connectivity index (χ3n) is 4.70. The Hall–Kier alpha value is -0.610. The highest BCUT2D eigenvalue weighted by atomic mass is 16.5. The summed E-state index contributed by atoms with van der Waals surface area (Å²) in [5.41, 5.74) is 5.56. The van der Waals surface area contributed by atoms with Crippen molar-refractivity contribution in [2.24, 2.45) is 17.6 Å². The van der Waals surface area contributed by atoms with Crippen LogP contribution >= 0.6 is 0 Å².